The average molecular weight is 216 g/mol. The molecule has 0 aromatic rings. The Morgan fingerprint density at radius 2 is 1.12 bits per heavy atom. The van der Waals surface area contributed by atoms with Crippen LogP contribution in [-0.2, 0) is 53.2 Å². The third kappa shape index (κ3) is 8.53. The van der Waals surface area contributed by atoms with E-state index >= 15 is 0 Å². The van der Waals surface area contributed by atoms with E-state index in [0.29, 0.717) is 0 Å². The summed E-state index contributed by atoms with van der Waals surface area (Å²) in [5.41, 5.74) is 0. The molecular weight excluding hydrogens is 212 g/mol. The molecule has 0 amide bonds. The molecule has 1 aliphatic heterocycles. The minimum absolute atomic E-state index is 0. The van der Waals surface area contributed by atoms with Crippen molar-refractivity contribution in [3.63, 3.8) is 0 Å². The average Bonchev–Trinajstić information content (AvgIpc) is 1.76. The summed E-state index contributed by atoms with van der Waals surface area (Å²) in [4.78, 5) is 7.01. The van der Waals surface area contributed by atoms with Crippen molar-refractivity contribution in [2.24, 2.45) is 0 Å². The Labute approximate surface area is 106 Å². The van der Waals surface area contributed by atoms with Gasteiger partial charge in [0, 0.05) is 43.4 Å². The second kappa shape index (κ2) is 6.25. The van der Waals surface area contributed by atoms with Crippen LogP contribution in [0.5, 0.6) is 0 Å². The first-order valence-corrected chi connectivity index (χ1v) is 1.02. The summed E-state index contributed by atoms with van der Waals surface area (Å²) in [6, 6.07) is 0. The van der Waals surface area contributed by atoms with Gasteiger partial charge in [-0.15, -0.1) is 9.78 Å². The molecule has 0 aromatic heterocycles. The number of hydrogen-bond donors (Lipinski definition) is 2. The van der Waals surface area contributed by atoms with Crippen molar-refractivity contribution in [3.8, 4) is 0 Å². The molecule has 0 atom stereocenters. The zero-order valence-electron chi connectivity index (χ0n) is 3.21. The minimum Gasteiger partial charge on any atom is 0 e. The van der Waals surface area contributed by atoms with Gasteiger partial charge in [-0.2, -0.15) is 0 Å². The van der Waals surface area contributed by atoms with Gasteiger partial charge in [-0.1, -0.05) is 0 Å². The molecule has 0 aromatic carbocycles. The summed E-state index contributed by atoms with van der Waals surface area (Å²) < 4.78 is 0. The fraction of sp³-hybridized carbons (Fsp3) is 1.00. The van der Waals surface area contributed by atoms with E-state index < -0.39 is 6.16 Å². The van der Waals surface area contributed by atoms with Crippen molar-refractivity contribution in [1.82, 2.24) is 0 Å². The van der Waals surface area contributed by atoms with Crippen molar-refractivity contribution in [3.05, 3.63) is 0 Å². The van der Waals surface area contributed by atoms with Crippen molar-refractivity contribution in [1.29, 1.82) is 0 Å². The van der Waals surface area contributed by atoms with Gasteiger partial charge in [-0.3, -0.25) is 0 Å². The van der Waals surface area contributed by atoms with E-state index in [2.05, 4.69) is 9.78 Å². The van der Waals surface area contributed by atoms with E-state index in [1.807, 2.05) is 0 Å². The third-order valence-corrected chi connectivity index (χ3v) is 0.232. The third-order valence-electron chi connectivity index (χ3n) is 0.232. The van der Waals surface area contributed by atoms with Crippen LogP contribution in [0.4, 0.5) is 0 Å². The van der Waals surface area contributed by atoms with Gasteiger partial charge in [-0.05, 0) is 0 Å². The number of aliphatic hydroxyl groups is 2. The van der Waals surface area contributed by atoms with Crippen LogP contribution >= 0.6 is 0 Å². The molecule has 1 aliphatic rings. The molecule has 1 saturated heterocycles. The molecule has 7 heteroatoms. The molecule has 8 heavy (non-hydrogen) atoms. The molecule has 0 unspecified atom stereocenters. The van der Waals surface area contributed by atoms with Gasteiger partial charge in [-0.25, -0.2) is 0 Å². The van der Waals surface area contributed by atoms with Gasteiger partial charge in [0.25, 0.3) is 0 Å². The summed E-state index contributed by atoms with van der Waals surface area (Å²) in [7, 11) is 0. The smallest absolute Gasteiger partial charge is 0 e. The molecular formula is CH4CaO4Ti2. The Kier molecular flexibility index (Phi) is 13.2. The molecule has 0 saturated carbocycles. The van der Waals surface area contributed by atoms with Crippen molar-refractivity contribution < 1.29 is 63.4 Å². The Balaban J connectivity index is -0.0000000833. The fourth-order valence-electron chi connectivity index (χ4n) is 0.0373. The van der Waals surface area contributed by atoms with Crippen LogP contribution in [0.2, 0.25) is 0 Å². The second-order valence-electron chi connectivity index (χ2n) is 0.715. The van der Waals surface area contributed by atoms with E-state index in [4.69, 9.17) is 10.2 Å². The van der Waals surface area contributed by atoms with Gasteiger partial charge < -0.3 is 10.2 Å². The van der Waals surface area contributed by atoms with Crippen LogP contribution in [-0.4, -0.2) is 54.1 Å². The normalized spacial score (nSPS) is 18.8. The summed E-state index contributed by atoms with van der Waals surface area (Å²) in [6.07, 6.45) is -2.25. The Morgan fingerprint density at radius 3 is 1.12 bits per heavy atom. The topological polar surface area (TPSA) is 65.5 Å². The maximum Gasteiger partial charge on any atom is 0 e. The molecule has 0 bridgehead atoms. The van der Waals surface area contributed by atoms with Gasteiger partial charge in [0.05, 0.1) is 0 Å². The molecule has 0 radical (unpaired) electrons. The molecule has 1 heterocycles. The molecule has 42 valence electrons. The van der Waals surface area contributed by atoms with Gasteiger partial charge >= 0.3 is 43.9 Å². The maximum absolute atomic E-state index is 7.74. The predicted molar refractivity (Wildman–Crippen MR) is 17.9 cm³/mol. The quantitative estimate of drug-likeness (QED) is 0.205. The molecule has 0 spiro atoms. The van der Waals surface area contributed by atoms with Crippen LogP contribution in [0.15, 0.2) is 0 Å². The van der Waals surface area contributed by atoms with Gasteiger partial charge in [0.2, 0.25) is 0 Å². The predicted octanol–water partition coefficient (Wildman–Crippen LogP) is -2.38. The van der Waals surface area contributed by atoms with Crippen molar-refractivity contribution in [2.45, 2.75) is 6.16 Å². The van der Waals surface area contributed by atoms with Crippen LogP contribution in [0.1, 0.15) is 0 Å². The Hall–Kier alpha value is 2.53. The van der Waals surface area contributed by atoms with Crippen molar-refractivity contribution in [2.75, 3.05) is 0 Å². The Bertz CT molecular complexity index is 52.0. The molecule has 1 rings (SSSR count). The number of rotatable bonds is 0. The fourth-order valence-corrected chi connectivity index (χ4v) is 0.0373. The van der Waals surface area contributed by atoms with Crippen LogP contribution in [0.25, 0.3) is 0 Å². The van der Waals surface area contributed by atoms with Gasteiger partial charge in [0.15, 0.2) is 0 Å². The van der Waals surface area contributed by atoms with Crippen LogP contribution < -0.4 is 0 Å². The van der Waals surface area contributed by atoms with Crippen molar-refractivity contribution >= 4 is 37.7 Å². The first kappa shape index (κ1) is 16.9. The largest absolute Gasteiger partial charge is 0 e. The second-order valence-corrected chi connectivity index (χ2v) is 0.715. The van der Waals surface area contributed by atoms with E-state index in [1.165, 1.54) is 0 Å². The first-order valence-electron chi connectivity index (χ1n) is 1.02. The molecule has 4 nitrogen and oxygen atoms in total. The van der Waals surface area contributed by atoms with Gasteiger partial charge in [0.1, 0.15) is 0 Å². The summed E-state index contributed by atoms with van der Waals surface area (Å²) in [5, 5.41) is 15.5. The number of hydrogen-bond acceptors (Lipinski definition) is 4. The molecule has 2 N–H and O–H groups in total. The summed E-state index contributed by atoms with van der Waals surface area (Å²) in [6.45, 7) is 0. The van der Waals surface area contributed by atoms with E-state index in [1.54, 1.807) is 0 Å². The Morgan fingerprint density at radius 1 is 1.00 bits per heavy atom. The summed E-state index contributed by atoms with van der Waals surface area (Å²) >= 11 is 0. The molecule has 1 fully saturated rings. The van der Waals surface area contributed by atoms with Crippen LogP contribution in [0, 0.1) is 0 Å². The van der Waals surface area contributed by atoms with E-state index in [0.717, 1.165) is 0 Å². The zero-order valence-corrected chi connectivity index (χ0v) is 6.33. The first-order chi connectivity index (χ1) is 2.21. The SMILES string of the molecule is OC1(O)OO1.[CaH2].[Ti].[Ti]. The zero-order chi connectivity index (χ0) is 3.91. The minimum atomic E-state index is -2.25. The summed E-state index contributed by atoms with van der Waals surface area (Å²) in [5.74, 6) is 0. The van der Waals surface area contributed by atoms with E-state index in [-0.39, 0.29) is 81.2 Å². The van der Waals surface area contributed by atoms with Crippen LogP contribution in [0.3, 0.4) is 0 Å². The maximum atomic E-state index is 7.74. The van der Waals surface area contributed by atoms with E-state index in [9.17, 15) is 0 Å². The monoisotopic (exact) mass is 216 g/mol. The molecule has 0 aliphatic carbocycles. The standard InChI is InChI=1S/CH2O4.Ca.2Ti.2H/c2-1(3)4-5-1;;;;;/h2-3H;;;;;.